The van der Waals surface area contributed by atoms with E-state index < -0.39 is 10.0 Å². The molecule has 0 spiro atoms. The van der Waals surface area contributed by atoms with E-state index in [0.29, 0.717) is 13.2 Å². The molecule has 0 bridgehead atoms. The molecule has 1 aromatic rings. The molecular weight excluding hydrogens is 252 g/mol. The Morgan fingerprint density at radius 3 is 2.61 bits per heavy atom. The van der Waals surface area contributed by atoms with Crippen LogP contribution in [0, 0.1) is 0 Å². The lowest BCUT2D eigenvalue weighted by Gasteiger charge is -2.10. The SMILES string of the molecule is CCc1ccc(S(=O)(=O)NCCOC)cc1CN. The Kier molecular flexibility index (Phi) is 5.74. The summed E-state index contributed by atoms with van der Waals surface area (Å²) >= 11 is 0. The molecule has 0 aromatic heterocycles. The van der Waals surface area contributed by atoms with Crippen LogP contribution < -0.4 is 10.5 Å². The minimum absolute atomic E-state index is 0.247. The number of hydrogen-bond acceptors (Lipinski definition) is 4. The van der Waals surface area contributed by atoms with Crippen LogP contribution in [0.4, 0.5) is 0 Å². The second-order valence-corrected chi connectivity index (χ2v) is 5.65. The highest BCUT2D eigenvalue weighted by Crippen LogP contribution is 2.16. The van der Waals surface area contributed by atoms with Crippen LogP contribution >= 0.6 is 0 Å². The van der Waals surface area contributed by atoms with Crippen LogP contribution in [0.1, 0.15) is 18.1 Å². The summed E-state index contributed by atoms with van der Waals surface area (Å²) in [6.45, 7) is 2.95. The van der Waals surface area contributed by atoms with Crippen LogP contribution in [0.15, 0.2) is 23.1 Å². The number of sulfonamides is 1. The van der Waals surface area contributed by atoms with Gasteiger partial charge in [0.15, 0.2) is 0 Å². The largest absolute Gasteiger partial charge is 0.383 e. The zero-order valence-corrected chi connectivity index (χ0v) is 11.6. The van der Waals surface area contributed by atoms with Crippen molar-refractivity contribution in [3.63, 3.8) is 0 Å². The molecule has 0 heterocycles. The van der Waals surface area contributed by atoms with Gasteiger partial charge in [0.05, 0.1) is 11.5 Å². The molecule has 6 heteroatoms. The van der Waals surface area contributed by atoms with Crippen LogP contribution in [-0.4, -0.2) is 28.7 Å². The minimum Gasteiger partial charge on any atom is -0.383 e. The molecule has 0 saturated heterocycles. The van der Waals surface area contributed by atoms with E-state index in [1.165, 1.54) is 7.11 Å². The highest BCUT2D eigenvalue weighted by molar-refractivity contribution is 7.89. The number of aryl methyl sites for hydroxylation is 1. The highest BCUT2D eigenvalue weighted by Gasteiger charge is 2.14. The monoisotopic (exact) mass is 272 g/mol. The first-order chi connectivity index (χ1) is 8.55. The van der Waals surface area contributed by atoms with Gasteiger partial charge in [-0.15, -0.1) is 0 Å². The quantitative estimate of drug-likeness (QED) is 0.713. The number of nitrogens with two attached hydrogens (primary N) is 1. The fourth-order valence-corrected chi connectivity index (χ4v) is 2.73. The molecule has 0 amide bonds. The molecule has 3 N–H and O–H groups in total. The van der Waals surface area contributed by atoms with Crippen molar-refractivity contribution < 1.29 is 13.2 Å². The van der Waals surface area contributed by atoms with Crippen molar-refractivity contribution in [2.24, 2.45) is 5.73 Å². The Balaban J connectivity index is 2.95. The van der Waals surface area contributed by atoms with E-state index in [2.05, 4.69) is 4.72 Å². The summed E-state index contributed by atoms with van der Waals surface area (Å²) in [7, 11) is -1.95. The molecule has 0 unspecified atom stereocenters. The molecule has 0 aliphatic heterocycles. The molecular formula is C12H20N2O3S. The Morgan fingerprint density at radius 1 is 1.33 bits per heavy atom. The van der Waals surface area contributed by atoms with E-state index in [0.717, 1.165) is 17.5 Å². The molecule has 102 valence electrons. The van der Waals surface area contributed by atoms with Crippen molar-refractivity contribution in [2.45, 2.75) is 24.8 Å². The molecule has 5 nitrogen and oxygen atoms in total. The summed E-state index contributed by atoms with van der Waals surface area (Å²) in [4.78, 5) is 0.247. The fraction of sp³-hybridized carbons (Fsp3) is 0.500. The van der Waals surface area contributed by atoms with Crippen LogP contribution in [-0.2, 0) is 27.7 Å². The van der Waals surface area contributed by atoms with Gasteiger partial charge in [0.25, 0.3) is 0 Å². The Labute approximate surface area is 108 Å². The standard InChI is InChI=1S/C12H20N2O3S/c1-3-10-4-5-12(8-11(10)9-13)18(15,16)14-6-7-17-2/h4-5,8,14H,3,6-7,9,13H2,1-2H3. The number of methoxy groups -OCH3 is 1. The lowest BCUT2D eigenvalue weighted by molar-refractivity contribution is 0.204. The first-order valence-corrected chi connectivity index (χ1v) is 7.34. The van der Waals surface area contributed by atoms with E-state index >= 15 is 0 Å². The number of rotatable bonds is 7. The van der Waals surface area contributed by atoms with Crippen molar-refractivity contribution in [3.05, 3.63) is 29.3 Å². The maximum absolute atomic E-state index is 12.0. The number of ether oxygens (including phenoxy) is 1. The van der Waals surface area contributed by atoms with Crippen molar-refractivity contribution in [1.82, 2.24) is 4.72 Å². The summed E-state index contributed by atoms with van der Waals surface area (Å²) in [5.41, 5.74) is 7.57. The summed E-state index contributed by atoms with van der Waals surface area (Å²) in [6, 6.07) is 5.05. The maximum atomic E-state index is 12.0. The average Bonchev–Trinajstić information content (AvgIpc) is 2.38. The first-order valence-electron chi connectivity index (χ1n) is 5.85. The Morgan fingerprint density at radius 2 is 2.06 bits per heavy atom. The second-order valence-electron chi connectivity index (χ2n) is 3.88. The zero-order valence-electron chi connectivity index (χ0n) is 10.8. The summed E-state index contributed by atoms with van der Waals surface area (Å²) < 4.78 is 31.2. The van der Waals surface area contributed by atoms with E-state index in [1.807, 2.05) is 13.0 Å². The third-order valence-corrected chi connectivity index (χ3v) is 4.15. The van der Waals surface area contributed by atoms with Crippen molar-refractivity contribution >= 4 is 10.0 Å². The summed E-state index contributed by atoms with van der Waals surface area (Å²) in [5.74, 6) is 0. The van der Waals surface area contributed by atoms with Gasteiger partial charge in [0.2, 0.25) is 10.0 Å². The van der Waals surface area contributed by atoms with E-state index in [-0.39, 0.29) is 11.4 Å². The smallest absolute Gasteiger partial charge is 0.240 e. The molecule has 0 aliphatic carbocycles. The van der Waals surface area contributed by atoms with Gasteiger partial charge < -0.3 is 10.5 Å². The van der Waals surface area contributed by atoms with Crippen molar-refractivity contribution in [1.29, 1.82) is 0 Å². The van der Waals surface area contributed by atoms with Crippen LogP contribution in [0.5, 0.6) is 0 Å². The molecule has 1 aromatic carbocycles. The van der Waals surface area contributed by atoms with Crippen LogP contribution in [0.2, 0.25) is 0 Å². The molecule has 0 saturated carbocycles. The molecule has 0 aliphatic rings. The number of hydrogen-bond donors (Lipinski definition) is 2. The van der Waals surface area contributed by atoms with Gasteiger partial charge in [-0.25, -0.2) is 13.1 Å². The van der Waals surface area contributed by atoms with Crippen LogP contribution in [0.25, 0.3) is 0 Å². The fourth-order valence-electron chi connectivity index (χ4n) is 1.67. The van der Waals surface area contributed by atoms with Gasteiger partial charge in [0.1, 0.15) is 0 Å². The topological polar surface area (TPSA) is 81.4 Å². The summed E-state index contributed by atoms with van der Waals surface area (Å²) in [6.07, 6.45) is 0.837. The zero-order chi connectivity index (χ0) is 13.6. The lowest BCUT2D eigenvalue weighted by Crippen LogP contribution is -2.27. The Bertz CT molecular complexity index is 486. The van der Waals surface area contributed by atoms with Gasteiger partial charge in [-0.1, -0.05) is 13.0 Å². The molecule has 0 atom stereocenters. The predicted molar refractivity (Wildman–Crippen MR) is 70.8 cm³/mol. The highest BCUT2D eigenvalue weighted by atomic mass is 32.2. The van der Waals surface area contributed by atoms with Crippen LogP contribution in [0.3, 0.4) is 0 Å². The van der Waals surface area contributed by atoms with E-state index in [9.17, 15) is 8.42 Å². The van der Waals surface area contributed by atoms with Gasteiger partial charge in [0, 0.05) is 20.2 Å². The lowest BCUT2D eigenvalue weighted by atomic mass is 10.1. The second kappa shape index (κ2) is 6.84. The first kappa shape index (κ1) is 15.1. The maximum Gasteiger partial charge on any atom is 0.240 e. The van der Waals surface area contributed by atoms with Gasteiger partial charge in [-0.05, 0) is 29.7 Å². The summed E-state index contributed by atoms with van der Waals surface area (Å²) in [5, 5.41) is 0. The Hall–Kier alpha value is -0.950. The molecule has 1 rings (SSSR count). The molecule has 0 radical (unpaired) electrons. The third-order valence-electron chi connectivity index (χ3n) is 2.69. The van der Waals surface area contributed by atoms with Crippen molar-refractivity contribution in [2.75, 3.05) is 20.3 Å². The van der Waals surface area contributed by atoms with Crippen molar-refractivity contribution in [3.8, 4) is 0 Å². The molecule has 18 heavy (non-hydrogen) atoms. The van der Waals surface area contributed by atoms with Gasteiger partial charge >= 0.3 is 0 Å². The van der Waals surface area contributed by atoms with Gasteiger partial charge in [-0.2, -0.15) is 0 Å². The average molecular weight is 272 g/mol. The predicted octanol–water partition coefficient (Wildman–Crippen LogP) is 0.632. The third kappa shape index (κ3) is 3.78. The van der Waals surface area contributed by atoms with E-state index in [4.69, 9.17) is 10.5 Å². The molecule has 0 fully saturated rings. The number of nitrogens with one attached hydrogen (secondary N) is 1. The van der Waals surface area contributed by atoms with E-state index in [1.54, 1.807) is 12.1 Å². The van der Waals surface area contributed by atoms with Gasteiger partial charge in [-0.3, -0.25) is 0 Å². The minimum atomic E-state index is -3.48. The normalized spacial score (nSPS) is 11.7. The number of benzene rings is 1.